The third-order valence-electron chi connectivity index (χ3n) is 7.42. The van der Waals surface area contributed by atoms with Crippen molar-refractivity contribution in [1.82, 2.24) is 0 Å². The zero-order valence-corrected chi connectivity index (χ0v) is 26.8. The van der Waals surface area contributed by atoms with Crippen LogP contribution in [0.1, 0.15) is 15.9 Å². The smallest absolute Gasteiger partial charge is 0.335 e. The highest BCUT2D eigenvalue weighted by atomic mass is 35.5. The molecule has 0 bridgehead atoms. The van der Waals surface area contributed by atoms with Gasteiger partial charge in [0.1, 0.15) is 5.75 Å². The van der Waals surface area contributed by atoms with E-state index < -0.39 is 29.4 Å². The second-order valence-electron chi connectivity index (χ2n) is 10.1. The number of nitrogens with one attached hydrogen (secondary N) is 1. The topological polar surface area (TPSA) is 119 Å². The first-order valence-corrected chi connectivity index (χ1v) is 16.5. The first kappa shape index (κ1) is 32.5. The molecule has 232 valence electrons. The molecule has 11 heteroatoms. The van der Waals surface area contributed by atoms with Crippen molar-refractivity contribution in [2.45, 2.75) is 6.42 Å². The Kier molecular flexibility index (Phi) is 9.93. The summed E-state index contributed by atoms with van der Waals surface area (Å²) in [6.45, 7) is -2.93. The molecule has 46 heavy (non-hydrogen) atoms. The monoisotopic (exact) mass is 672 g/mol. The van der Waals surface area contributed by atoms with E-state index in [1.165, 1.54) is 31.4 Å². The van der Waals surface area contributed by atoms with E-state index in [9.17, 15) is 24.8 Å². The number of carbonyl (C=O) groups excluding carboxylic acids is 2. The molecule has 1 amide bonds. The van der Waals surface area contributed by atoms with E-state index in [1.807, 2.05) is 91.0 Å². The van der Waals surface area contributed by atoms with Crippen LogP contribution in [0.4, 0.5) is 11.4 Å². The number of anilines is 1. The number of nitrogens with zero attached hydrogens (tertiary/aromatic N) is 1. The molecule has 0 atom stereocenters. The van der Waals surface area contributed by atoms with Gasteiger partial charge in [-0.1, -0.05) is 114 Å². The maximum absolute atomic E-state index is 14.0. The minimum Gasteiger partial charge on any atom is -0.507 e. The van der Waals surface area contributed by atoms with Gasteiger partial charge in [-0.05, 0) is 41.0 Å². The Hall–Kier alpha value is -4.88. The number of non-ortho nitro benzene ring substituents is 1. The van der Waals surface area contributed by atoms with E-state index >= 15 is 0 Å². The van der Waals surface area contributed by atoms with Crippen molar-refractivity contribution in [3.8, 4) is 5.75 Å². The van der Waals surface area contributed by atoms with E-state index in [2.05, 4.69) is 5.32 Å². The van der Waals surface area contributed by atoms with Crippen LogP contribution in [0.5, 0.6) is 5.75 Å². The van der Waals surface area contributed by atoms with Crippen LogP contribution in [0, 0.1) is 10.1 Å². The lowest BCUT2D eigenvalue weighted by Gasteiger charge is -2.32. The maximum Gasteiger partial charge on any atom is 0.335 e. The molecule has 2 N–H and O–H groups in total. The number of nitro groups is 1. The first-order chi connectivity index (χ1) is 22.2. The fourth-order valence-electron chi connectivity index (χ4n) is 5.37. The molecule has 0 saturated heterocycles. The van der Waals surface area contributed by atoms with Crippen LogP contribution in [-0.2, 0) is 16.0 Å². The molecule has 0 aliphatic heterocycles. The van der Waals surface area contributed by atoms with Gasteiger partial charge in [0.15, 0.2) is 0 Å². The molecule has 0 heterocycles. The summed E-state index contributed by atoms with van der Waals surface area (Å²) in [6.07, 6.45) is -0.107. The summed E-state index contributed by atoms with van der Waals surface area (Å²) in [4.78, 5) is 37.9. The number of aromatic hydroxyl groups is 1. The fourth-order valence-corrected chi connectivity index (χ4v) is 10.3. The minimum absolute atomic E-state index is 0.0613. The van der Waals surface area contributed by atoms with Gasteiger partial charge in [-0.15, -0.1) is 0 Å². The van der Waals surface area contributed by atoms with Gasteiger partial charge in [0.25, 0.3) is 11.6 Å². The molecule has 0 fully saturated rings. The number of methoxy groups -OCH3 is 1. The second-order valence-corrected chi connectivity index (χ2v) is 14.4. The van der Waals surface area contributed by atoms with Crippen LogP contribution in [0.15, 0.2) is 121 Å². The average molecular weight is 673 g/mol. The number of hydrogen-bond donors (Lipinski definition) is 2. The van der Waals surface area contributed by atoms with Crippen LogP contribution >= 0.6 is 30.1 Å². The highest BCUT2D eigenvalue weighted by Gasteiger charge is 2.34. The summed E-state index contributed by atoms with van der Waals surface area (Å²) in [5, 5.41) is 28.3. The third-order valence-corrected chi connectivity index (χ3v) is 12.3. The Labute approximate surface area is 275 Å². The summed E-state index contributed by atoms with van der Waals surface area (Å²) in [6, 6.07) is 35.4. The summed E-state index contributed by atoms with van der Waals surface area (Å²) in [5.74, 6) is -1.73. The number of phenols is 1. The van der Waals surface area contributed by atoms with Crippen molar-refractivity contribution in [2.75, 3.05) is 12.4 Å². The van der Waals surface area contributed by atoms with Crippen molar-refractivity contribution < 1.29 is 24.4 Å². The van der Waals surface area contributed by atoms with E-state index in [0.717, 1.165) is 22.0 Å². The highest BCUT2D eigenvalue weighted by molar-refractivity contribution is 7.96. The molecule has 0 radical (unpaired) electrons. The van der Waals surface area contributed by atoms with Gasteiger partial charge in [-0.2, -0.15) is 0 Å². The highest BCUT2D eigenvalue weighted by Crippen LogP contribution is 2.47. The second kappa shape index (κ2) is 14.0. The largest absolute Gasteiger partial charge is 0.507 e. The zero-order valence-electron chi connectivity index (χ0n) is 24.4. The summed E-state index contributed by atoms with van der Waals surface area (Å²) >= 11 is 12.7. The Morgan fingerprint density at radius 2 is 1.35 bits per heavy atom. The van der Waals surface area contributed by atoms with Crippen LogP contribution in [-0.4, -0.2) is 34.3 Å². The van der Waals surface area contributed by atoms with Crippen LogP contribution in [0.3, 0.4) is 0 Å². The van der Waals surface area contributed by atoms with Crippen molar-refractivity contribution in [2.24, 2.45) is 0 Å². The molecule has 5 aromatic carbocycles. The van der Waals surface area contributed by atoms with Gasteiger partial charge in [-0.25, -0.2) is 4.79 Å². The predicted octanol–water partition coefficient (Wildman–Crippen LogP) is 6.74. The number of halogens is 2. The molecule has 5 rings (SSSR count). The first-order valence-electron chi connectivity index (χ1n) is 13.9. The van der Waals surface area contributed by atoms with Crippen molar-refractivity contribution >= 4 is 74.5 Å². The zero-order chi connectivity index (χ0) is 32.8. The number of phenolic OH excluding ortho intramolecular Hbond substituents is 1. The lowest BCUT2D eigenvalue weighted by molar-refractivity contribution is -0.384. The Morgan fingerprint density at radius 3 is 1.80 bits per heavy atom. The lowest BCUT2D eigenvalue weighted by atomic mass is 10.0. The number of esters is 1. The van der Waals surface area contributed by atoms with Gasteiger partial charge in [0.05, 0.1) is 33.6 Å². The van der Waals surface area contributed by atoms with Gasteiger partial charge < -0.3 is 15.2 Å². The predicted molar refractivity (Wildman–Crippen MR) is 185 cm³/mol. The van der Waals surface area contributed by atoms with Crippen LogP contribution in [0.2, 0.25) is 10.0 Å². The number of rotatable bonds is 9. The molecule has 8 nitrogen and oxygen atoms in total. The van der Waals surface area contributed by atoms with E-state index in [0.29, 0.717) is 5.29 Å². The number of benzene rings is 5. The molecule has 5 aromatic rings. The normalized spacial score (nSPS) is 11.0. The quantitative estimate of drug-likeness (QED) is 0.0775. The number of carbonyl (C=O) groups is 2. The van der Waals surface area contributed by atoms with Gasteiger partial charge in [0.2, 0.25) is 0 Å². The van der Waals surface area contributed by atoms with Crippen molar-refractivity contribution in [3.63, 3.8) is 0 Å². The molecule has 0 aliphatic carbocycles. The molecule has 0 aliphatic rings. The van der Waals surface area contributed by atoms with Crippen LogP contribution < -0.4 is 21.2 Å². The van der Waals surface area contributed by atoms with Gasteiger partial charge in [0, 0.05) is 29.1 Å². The average Bonchev–Trinajstić information content (AvgIpc) is 3.07. The Balaban J connectivity index is 1.74. The molecular weight excluding hydrogens is 646 g/mol. The SMILES string of the molecule is COC(=O)C(Cc1cc(Cl)cc(C(=O)Nc2ccc([N+](=O)[O-])cc2Cl)c1O)=P(c1ccccc1)(c1ccccc1)c1ccccc1. The molecule has 0 spiro atoms. The van der Waals surface area contributed by atoms with Crippen molar-refractivity contribution in [3.05, 3.63) is 153 Å². The molecular formula is C35H27Cl2N2O6P. The maximum atomic E-state index is 14.0. The number of ether oxygens (including phenoxy) is 1. The van der Waals surface area contributed by atoms with Gasteiger partial charge >= 0.3 is 5.97 Å². The Morgan fingerprint density at radius 1 is 0.826 bits per heavy atom. The standard InChI is InChI=1S/C35H27Cl2N2O6P/c1-45-35(42)32(46(26-11-5-2-6-12-26,27-13-7-3-8-14-27)28-15-9-4-10-16-28)20-23-19-24(36)21-29(33(23)40)34(41)38-31-18-17-25(39(43)44)22-30(31)37/h2-19,21-22,40H,20H2,1H3,(H,38,41). The lowest BCUT2D eigenvalue weighted by Crippen LogP contribution is -2.35. The fraction of sp³-hybridized carbons (Fsp3) is 0.0571. The van der Waals surface area contributed by atoms with Crippen molar-refractivity contribution in [1.29, 1.82) is 0 Å². The summed E-state index contributed by atoms with van der Waals surface area (Å²) in [7, 11) is 1.31. The number of amides is 1. The Bertz CT molecular complexity index is 1880. The third kappa shape index (κ3) is 6.42. The summed E-state index contributed by atoms with van der Waals surface area (Å²) < 4.78 is 5.42. The van der Waals surface area contributed by atoms with E-state index in [4.69, 9.17) is 27.9 Å². The minimum atomic E-state index is -2.93. The molecule has 0 aromatic heterocycles. The molecule has 0 unspecified atom stereocenters. The van der Waals surface area contributed by atoms with E-state index in [-0.39, 0.29) is 39.0 Å². The number of hydrogen-bond acceptors (Lipinski definition) is 6. The van der Waals surface area contributed by atoms with E-state index in [1.54, 1.807) is 0 Å². The van der Waals surface area contributed by atoms with Gasteiger partial charge in [-0.3, -0.25) is 14.9 Å². The summed E-state index contributed by atoms with van der Waals surface area (Å²) in [5.41, 5.74) is -0.102. The number of nitro benzene ring substituents is 1. The molecule has 0 saturated carbocycles. The van der Waals surface area contributed by atoms with Crippen LogP contribution in [0.25, 0.3) is 0 Å².